The highest BCUT2D eigenvalue weighted by molar-refractivity contribution is 5.93. The molecule has 16 heavy (non-hydrogen) atoms. The molecule has 0 bridgehead atoms. The lowest BCUT2D eigenvalue weighted by atomic mass is 10.1. The van der Waals surface area contributed by atoms with Crippen molar-refractivity contribution in [2.45, 2.75) is 13.8 Å². The van der Waals surface area contributed by atoms with Gasteiger partial charge in [-0.2, -0.15) is 0 Å². The number of rotatable bonds is 2. The van der Waals surface area contributed by atoms with E-state index in [1.165, 1.54) is 32.0 Å². The average molecular weight is 224 g/mol. The molecule has 0 fully saturated rings. The molecule has 0 saturated carbocycles. The molecule has 1 aromatic rings. The summed E-state index contributed by atoms with van der Waals surface area (Å²) in [7, 11) is 0. The van der Waals surface area contributed by atoms with Crippen LogP contribution in [-0.4, -0.2) is 27.9 Å². The first-order valence-corrected chi connectivity index (χ1v) is 4.38. The van der Waals surface area contributed by atoms with Crippen molar-refractivity contribution in [3.05, 3.63) is 35.4 Å². The molecule has 1 aromatic carbocycles. The molecule has 0 heterocycles. The van der Waals surface area contributed by atoms with Crippen molar-refractivity contribution in [3.8, 4) is 0 Å². The topological polar surface area (TPSA) is 91.7 Å². The fourth-order valence-electron chi connectivity index (χ4n) is 0.785. The van der Waals surface area contributed by atoms with Gasteiger partial charge in [-0.1, -0.05) is 6.07 Å². The summed E-state index contributed by atoms with van der Waals surface area (Å²) in [4.78, 5) is 30.2. The van der Waals surface area contributed by atoms with Gasteiger partial charge in [-0.3, -0.25) is 0 Å². The summed E-state index contributed by atoms with van der Waals surface area (Å²) in [6, 6.07) is 5.20. The Kier molecular flexibility index (Phi) is 5.48. The fraction of sp³-hybridized carbons (Fsp3) is 0.182. The number of carboxylic acids is 2. The Bertz CT molecular complexity index is 375. The second kappa shape index (κ2) is 6.34. The Balaban J connectivity index is 0.000000487. The van der Waals surface area contributed by atoms with E-state index < -0.39 is 11.9 Å². The molecule has 5 nitrogen and oxygen atoms in total. The summed E-state index contributed by atoms with van der Waals surface area (Å²) < 4.78 is 0. The van der Waals surface area contributed by atoms with E-state index >= 15 is 0 Å². The summed E-state index contributed by atoms with van der Waals surface area (Å²) in [5.74, 6) is -2.09. The van der Waals surface area contributed by atoms with Gasteiger partial charge in [0.05, 0.1) is 11.1 Å². The Morgan fingerprint density at radius 3 is 1.50 bits per heavy atom. The van der Waals surface area contributed by atoms with Crippen LogP contribution in [0.2, 0.25) is 0 Å². The summed E-state index contributed by atoms with van der Waals surface area (Å²) in [5.41, 5.74) is -0.0372. The van der Waals surface area contributed by atoms with Crippen LogP contribution in [0, 0.1) is 0 Å². The van der Waals surface area contributed by atoms with Crippen molar-refractivity contribution in [1.29, 1.82) is 0 Å². The van der Waals surface area contributed by atoms with Crippen LogP contribution in [-0.2, 0) is 4.79 Å². The van der Waals surface area contributed by atoms with E-state index in [4.69, 9.17) is 10.2 Å². The van der Waals surface area contributed by atoms with E-state index in [0.717, 1.165) is 6.07 Å². The van der Waals surface area contributed by atoms with Gasteiger partial charge in [-0.05, 0) is 32.0 Å². The molecule has 0 aliphatic carbocycles. The largest absolute Gasteiger partial charge is 0.478 e. The number of Topliss-reactive ketones (excluding diaryl/α,β-unsaturated/α-hetero) is 1. The minimum Gasteiger partial charge on any atom is -0.478 e. The normalized spacial score (nSPS) is 8.62. The second-order valence-electron chi connectivity index (χ2n) is 3.10. The summed E-state index contributed by atoms with van der Waals surface area (Å²) in [5, 5.41) is 17.0. The van der Waals surface area contributed by atoms with Crippen molar-refractivity contribution in [2.75, 3.05) is 0 Å². The van der Waals surface area contributed by atoms with E-state index in [9.17, 15) is 14.4 Å². The predicted molar refractivity (Wildman–Crippen MR) is 56.7 cm³/mol. The molecule has 0 amide bonds. The lowest BCUT2D eigenvalue weighted by molar-refractivity contribution is -0.115. The number of hydrogen-bond donors (Lipinski definition) is 2. The third-order valence-electron chi connectivity index (χ3n) is 1.36. The second-order valence-corrected chi connectivity index (χ2v) is 3.10. The smallest absolute Gasteiger partial charge is 0.335 e. The van der Waals surface area contributed by atoms with Gasteiger partial charge in [0, 0.05) is 0 Å². The highest BCUT2D eigenvalue weighted by Gasteiger charge is 2.06. The van der Waals surface area contributed by atoms with Gasteiger partial charge in [0.25, 0.3) is 0 Å². The minimum absolute atomic E-state index is 0.0186. The first kappa shape index (κ1) is 13.8. The van der Waals surface area contributed by atoms with Crippen LogP contribution in [0.4, 0.5) is 0 Å². The van der Waals surface area contributed by atoms with Gasteiger partial charge in [0.2, 0.25) is 0 Å². The summed E-state index contributed by atoms with van der Waals surface area (Å²) in [6.07, 6.45) is 0. The molecule has 2 N–H and O–H groups in total. The molecule has 0 atom stereocenters. The molecule has 0 radical (unpaired) electrons. The summed E-state index contributed by atoms with van der Waals surface area (Å²) >= 11 is 0. The molecule has 0 spiro atoms. The molecule has 0 aliphatic rings. The number of carbonyl (C=O) groups excluding carboxylic acids is 1. The van der Waals surface area contributed by atoms with E-state index in [0.29, 0.717) is 0 Å². The van der Waals surface area contributed by atoms with Gasteiger partial charge in [-0.25, -0.2) is 9.59 Å². The number of benzene rings is 1. The third-order valence-corrected chi connectivity index (χ3v) is 1.36. The van der Waals surface area contributed by atoms with E-state index in [2.05, 4.69) is 0 Å². The van der Waals surface area contributed by atoms with Crippen molar-refractivity contribution in [2.24, 2.45) is 0 Å². The van der Waals surface area contributed by atoms with Crippen LogP contribution in [0.5, 0.6) is 0 Å². The quantitative estimate of drug-likeness (QED) is 0.797. The zero-order valence-electron chi connectivity index (χ0n) is 8.93. The third kappa shape index (κ3) is 5.54. The van der Waals surface area contributed by atoms with Crippen molar-refractivity contribution < 1.29 is 24.6 Å². The van der Waals surface area contributed by atoms with E-state index in [-0.39, 0.29) is 16.9 Å². The lowest BCUT2D eigenvalue weighted by Gasteiger charge is -1.95. The van der Waals surface area contributed by atoms with Gasteiger partial charge >= 0.3 is 11.9 Å². The molecular formula is C11H12O5. The standard InChI is InChI=1S/C8H6O4.C3H6O/c9-7(10)5-2-1-3-6(4-5)8(11)12;1-3(2)4/h1-4H,(H,9,10)(H,11,12);1-2H3. The highest BCUT2D eigenvalue weighted by Crippen LogP contribution is 2.04. The predicted octanol–water partition coefficient (Wildman–Crippen LogP) is 1.68. The highest BCUT2D eigenvalue weighted by atomic mass is 16.4. The monoisotopic (exact) mass is 224 g/mol. The van der Waals surface area contributed by atoms with Crippen LogP contribution in [0.15, 0.2) is 24.3 Å². The van der Waals surface area contributed by atoms with Crippen LogP contribution < -0.4 is 0 Å². The zero-order valence-corrected chi connectivity index (χ0v) is 8.93. The number of carbonyl (C=O) groups is 3. The molecule has 0 unspecified atom stereocenters. The molecule has 1 rings (SSSR count). The molecular weight excluding hydrogens is 212 g/mol. The van der Waals surface area contributed by atoms with Crippen LogP contribution >= 0.6 is 0 Å². The molecule has 0 aromatic heterocycles. The van der Waals surface area contributed by atoms with Gasteiger partial charge in [0.1, 0.15) is 5.78 Å². The van der Waals surface area contributed by atoms with E-state index in [1.807, 2.05) is 0 Å². The first-order chi connectivity index (χ1) is 7.34. The maximum atomic E-state index is 10.4. The van der Waals surface area contributed by atoms with Gasteiger partial charge in [0.15, 0.2) is 0 Å². The van der Waals surface area contributed by atoms with Crippen LogP contribution in [0.25, 0.3) is 0 Å². The number of carboxylic acid groups (broad SMARTS) is 2. The van der Waals surface area contributed by atoms with Crippen LogP contribution in [0.1, 0.15) is 34.6 Å². The zero-order chi connectivity index (χ0) is 12.7. The first-order valence-electron chi connectivity index (χ1n) is 4.38. The molecule has 0 aliphatic heterocycles. The Morgan fingerprint density at radius 1 is 0.938 bits per heavy atom. The average Bonchev–Trinajstić information content (AvgIpc) is 2.17. The number of aromatic carboxylic acids is 2. The maximum Gasteiger partial charge on any atom is 0.335 e. The molecule has 5 heteroatoms. The van der Waals surface area contributed by atoms with Gasteiger partial charge < -0.3 is 15.0 Å². The van der Waals surface area contributed by atoms with Crippen molar-refractivity contribution >= 4 is 17.7 Å². The maximum absolute atomic E-state index is 10.4. The lowest BCUT2D eigenvalue weighted by Crippen LogP contribution is -2.01. The summed E-state index contributed by atoms with van der Waals surface area (Å²) in [6.45, 7) is 3.06. The molecule has 0 saturated heterocycles. The van der Waals surface area contributed by atoms with Crippen LogP contribution in [0.3, 0.4) is 0 Å². The van der Waals surface area contributed by atoms with E-state index in [1.54, 1.807) is 0 Å². The number of ketones is 1. The Morgan fingerprint density at radius 2 is 1.25 bits per heavy atom. The SMILES string of the molecule is CC(C)=O.O=C(O)c1cccc(C(=O)O)c1. The van der Waals surface area contributed by atoms with Crippen molar-refractivity contribution in [3.63, 3.8) is 0 Å². The molecule has 86 valence electrons. The number of hydrogen-bond acceptors (Lipinski definition) is 3. The Hall–Kier alpha value is -2.17. The van der Waals surface area contributed by atoms with Gasteiger partial charge in [-0.15, -0.1) is 0 Å². The Labute approximate surface area is 92.3 Å². The minimum atomic E-state index is -1.13. The fourth-order valence-corrected chi connectivity index (χ4v) is 0.785. The van der Waals surface area contributed by atoms with Crippen molar-refractivity contribution in [1.82, 2.24) is 0 Å².